The van der Waals surface area contributed by atoms with E-state index in [0.29, 0.717) is 0 Å². The van der Waals surface area contributed by atoms with Crippen LogP contribution in [0, 0.1) is 0 Å². The Morgan fingerprint density at radius 1 is 1.23 bits per heavy atom. The van der Waals surface area contributed by atoms with Gasteiger partial charge in [-0.25, -0.2) is 4.99 Å². The van der Waals surface area contributed by atoms with E-state index in [0.717, 1.165) is 5.69 Å². The van der Waals surface area contributed by atoms with Crippen LogP contribution >= 0.6 is 11.3 Å². The van der Waals surface area contributed by atoms with Crippen LogP contribution in [0.1, 0.15) is 0 Å². The van der Waals surface area contributed by atoms with Crippen molar-refractivity contribution in [3.05, 3.63) is 29.6 Å². The van der Waals surface area contributed by atoms with Gasteiger partial charge in [0.1, 0.15) is 0 Å². The van der Waals surface area contributed by atoms with E-state index in [1.165, 1.54) is 10.1 Å². The molecule has 0 spiro atoms. The molecular formula is C9H9N3S. The van der Waals surface area contributed by atoms with E-state index in [4.69, 9.17) is 11.5 Å². The zero-order valence-electron chi connectivity index (χ0n) is 6.90. The molecule has 0 saturated carbocycles. The molecule has 0 aliphatic carbocycles. The SMILES string of the molecule is NC(N)=Nc1ccc2sccc2c1. The van der Waals surface area contributed by atoms with Crippen LogP contribution in [0.25, 0.3) is 10.1 Å². The van der Waals surface area contributed by atoms with Gasteiger partial charge in [0.25, 0.3) is 0 Å². The highest BCUT2D eigenvalue weighted by Crippen LogP contribution is 2.25. The van der Waals surface area contributed by atoms with Gasteiger partial charge in [0.05, 0.1) is 5.69 Å². The molecule has 2 rings (SSSR count). The molecule has 66 valence electrons. The van der Waals surface area contributed by atoms with Crippen LogP contribution in [-0.4, -0.2) is 5.96 Å². The Hall–Kier alpha value is -1.55. The van der Waals surface area contributed by atoms with E-state index in [-0.39, 0.29) is 5.96 Å². The zero-order chi connectivity index (χ0) is 9.26. The van der Waals surface area contributed by atoms with Crippen molar-refractivity contribution in [1.82, 2.24) is 0 Å². The van der Waals surface area contributed by atoms with Crippen LogP contribution in [0.4, 0.5) is 5.69 Å². The summed E-state index contributed by atoms with van der Waals surface area (Å²) in [6.07, 6.45) is 0. The zero-order valence-corrected chi connectivity index (χ0v) is 7.71. The summed E-state index contributed by atoms with van der Waals surface area (Å²) in [7, 11) is 0. The molecule has 1 aromatic carbocycles. The van der Waals surface area contributed by atoms with Crippen LogP contribution < -0.4 is 11.5 Å². The Labute approximate surface area is 79.7 Å². The molecule has 0 aliphatic rings. The Bertz CT molecular complexity index is 455. The summed E-state index contributed by atoms with van der Waals surface area (Å²) in [5.41, 5.74) is 11.3. The second-order valence-electron chi connectivity index (χ2n) is 2.68. The highest BCUT2D eigenvalue weighted by molar-refractivity contribution is 7.17. The summed E-state index contributed by atoms with van der Waals surface area (Å²) < 4.78 is 1.24. The van der Waals surface area contributed by atoms with Gasteiger partial charge >= 0.3 is 0 Å². The molecule has 2 aromatic rings. The number of benzene rings is 1. The molecule has 1 aromatic heterocycles. The average Bonchev–Trinajstić information content (AvgIpc) is 2.49. The van der Waals surface area contributed by atoms with Crippen molar-refractivity contribution in [3.63, 3.8) is 0 Å². The summed E-state index contributed by atoms with van der Waals surface area (Å²) in [4.78, 5) is 3.97. The summed E-state index contributed by atoms with van der Waals surface area (Å²) >= 11 is 1.70. The van der Waals surface area contributed by atoms with Crippen molar-refractivity contribution in [2.24, 2.45) is 16.5 Å². The highest BCUT2D eigenvalue weighted by atomic mass is 32.1. The van der Waals surface area contributed by atoms with E-state index < -0.39 is 0 Å². The monoisotopic (exact) mass is 191 g/mol. The lowest BCUT2D eigenvalue weighted by Gasteiger charge is -1.94. The first-order chi connectivity index (χ1) is 6.25. The van der Waals surface area contributed by atoms with Crippen LogP contribution in [-0.2, 0) is 0 Å². The van der Waals surface area contributed by atoms with E-state index >= 15 is 0 Å². The summed E-state index contributed by atoms with van der Waals surface area (Å²) in [5.74, 6) is 0.0922. The maximum atomic E-state index is 5.27. The van der Waals surface area contributed by atoms with Crippen LogP contribution in [0.15, 0.2) is 34.6 Å². The van der Waals surface area contributed by atoms with Crippen LogP contribution in [0.2, 0.25) is 0 Å². The van der Waals surface area contributed by atoms with Crippen LogP contribution in [0.5, 0.6) is 0 Å². The van der Waals surface area contributed by atoms with Gasteiger partial charge in [-0.05, 0) is 35.0 Å². The van der Waals surface area contributed by atoms with Crippen molar-refractivity contribution in [2.75, 3.05) is 0 Å². The molecule has 0 amide bonds. The van der Waals surface area contributed by atoms with E-state index in [9.17, 15) is 0 Å². The molecule has 0 fully saturated rings. The number of thiophene rings is 1. The number of hydrogen-bond donors (Lipinski definition) is 2. The summed E-state index contributed by atoms with van der Waals surface area (Å²) in [5, 5.41) is 3.22. The van der Waals surface area contributed by atoms with Crippen LogP contribution in [0.3, 0.4) is 0 Å². The van der Waals surface area contributed by atoms with Gasteiger partial charge in [0, 0.05) is 4.70 Å². The van der Waals surface area contributed by atoms with Gasteiger partial charge in [-0.1, -0.05) is 0 Å². The molecule has 13 heavy (non-hydrogen) atoms. The van der Waals surface area contributed by atoms with E-state index in [2.05, 4.69) is 4.99 Å². The number of aliphatic imine (C=N–C) groups is 1. The molecule has 0 aliphatic heterocycles. The standard InChI is InChI=1S/C9H9N3S/c10-9(11)12-7-1-2-8-6(5-7)3-4-13-8/h1-5H,(H4,10,11,12). The molecule has 1 heterocycles. The first kappa shape index (κ1) is 8.07. The molecule has 0 unspecified atom stereocenters. The number of fused-ring (bicyclic) bond motifs is 1. The Morgan fingerprint density at radius 3 is 2.85 bits per heavy atom. The molecule has 3 nitrogen and oxygen atoms in total. The summed E-state index contributed by atoms with van der Waals surface area (Å²) in [6, 6.07) is 7.93. The van der Waals surface area contributed by atoms with Gasteiger partial charge in [-0.2, -0.15) is 0 Å². The topological polar surface area (TPSA) is 64.4 Å². The molecule has 4 heteroatoms. The Kier molecular flexibility index (Phi) is 1.90. The van der Waals surface area contributed by atoms with Crippen molar-refractivity contribution < 1.29 is 0 Å². The summed E-state index contributed by atoms with van der Waals surface area (Å²) in [6.45, 7) is 0. The minimum Gasteiger partial charge on any atom is -0.370 e. The minimum atomic E-state index is 0.0922. The average molecular weight is 191 g/mol. The highest BCUT2D eigenvalue weighted by Gasteiger charge is 1.95. The first-order valence-corrected chi connectivity index (χ1v) is 4.70. The Morgan fingerprint density at radius 2 is 2.08 bits per heavy atom. The molecule has 0 saturated heterocycles. The minimum absolute atomic E-state index is 0.0922. The number of rotatable bonds is 1. The molecule has 0 bridgehead atoms. The second kappa shape index (κ2) is 3.06. The molecule has 0 atom stereocenters. The van der Waals surface area contributed by atoms with Gasteiger partial charge in [0.2, 0.25) is 0 Å². The van der Waals surface area contributed by atoms with Crippen molar-refractivity contribution in [1.29, 1.82) is 0 Å². The second-order valence-corrected chi connectivity index (χ2v) is 3.63. The molecule has 4 N–H and O–H groups in total. The number of hydrogen-bond acceptors (Lipinski definition) is 2. The Balaban J connectivity index is 2.54. The number of nitrogens with two attached hydrogens (primary N) is 2. The fraction of sp³-hybridized carbons (Fsp3) is 0. The van der Waals surface area contributed by atoms with E-state index in [1.807, 2.05) is 29.6 Å². The molecule has 0 radical (unpaired) electrons. The maximum Gasteiger partial charge on any atom is 0.191 e. The normalized spacial score (nSPS) is 10.2. The third-order valence-electron chi connectivity index (χ3n) is 1.69. The quantitative estimate of drug-likeness (QED) is 0.533. The third kappa shape index (κ3) is 1.62. The lowest BCUT2D eigenvalue weighted by molar-refractivity contribution is 1.43. The van der Waals surface area contributed by atoms with E-state index in [1.54, 1.807) is 11.3 Å². The fourth-order valence-electron chi connectivity index (χ4n) is 1.17. The van der Waals surface area contributed by atoms with Crippen molar-refractivity contribution in [2.45, 2.75) is 0 Å². The predicted octanol–water partition coefficient (Wildman–Crippen LogP) is 1.81. The van der Waals surface area contributed by atoms with Gasteiger partial charge in [-0.15, -0.1) is 11.3 Å². The largest absolute Gasteiger partial charge is 0.370 e. The van der Waals surface area contributed by atoms with Gasteiger partial charge in [-0.3, -0.25) is 0 Å². The number of nitrogens with zero attached hydrogens (tertiary/aromatic N) is 1. The third-order valence-corrected chi connectivity index (χ3v) is 2.59. The number of guanidine groups is 1. The fourth-order valence-corrected chi connectivity index (χ4v) is 1.94. The molecular weight excluding hydrogens is 182 g/mol. The lowest BCUT2D eigenvalue weighted by Crippen LogP contribution is -2.21. The first-order valence-electron chi connectivity index (χ1n) is 3.82. The smallest absolute Gasteiger partial charge is 0.191 e. The van der Waals surface area contributed by atoms with Crippen molar-refractivity contribution in [3.8, 4) is 0 Å². The predicted molar refractivity (Wildman–Crippen MR) is 57.3 cm³/mol. The van der Waals surface area contributed by atoms with Gasteiger partial charge < -0.3 is 11.5 Å². The lowest BCUT2D eigenvalue weighted by atomic mass is 10.2. The maximum absolute atomic E-state index is 5.27. The van der Waals surface area contributed by atoms with Gasteiger partial charge in [0.15, 0.2) is 5.96 Å². The van der Waals surface area contributed by atoms with Crippen molar-refractivity contribution >= 4 is 33.1 Å².